The highest BCUT2D eigenvalue weighted by Crippen LogP contribution is 2.46. The summed E-state index contributed by atoms with van der Waals surface area (Å²) in [7, 11) is 1.19. The molecule has 0 spiro atoms. The average Bonchev–Trinajstić information content (AvgIpc) is 3.53. The van der Waals surface area contributed by atoms with E-state index in [1.54, 1.807) is 4.90 Å². The predicted octanol–water partition coefficient (Wildman–Crippen LogP) is 5.46. The minimum absolute atomic E-state index is 0.0203. The SMILES string of the molecule is COC(=O)c1cc(C2CC2)c(OCC2(C)CN(c3cc(Cl)ncc3C(F)(F)F)C2)cc1F. The summed E-state index contributed by atoms with van der Waals surface area (Å²) in [6.07, 6.45) is -1.99. The quantitative estimate of drug-likeness (QED) is 0.317. The molecular formula is C22H21ClF4N2O3. The second-order valence-corrected chi connectivity index (χ2v) is 9.00. The number of halogens is 5. The van der Waals surface area contributed by atoms with E-state index < -0.39 is 28.9 Å². The fourth-order valence-corrected chi connectivity index (χ4v) is 4.12. The van der Waals surface area contributed by atoms with E-state index in [4.69, 9.17) is 16.3 Å². The Morgan fingerprint density at radius 3 is 2.56 bits per heavy atom. The number of alkyl halides is 3. The molecule has 1 aromatic carbocycles. The Bertz CT molecular complexity index is 1050. The van der Waals surface area contributed by atoms with E-state index in [9.17, 15) is 22.4 Å². The first-order chi connectivity index (χ1) is 15.0. The Balaban J connectivity index is 1.48. The Kier molecular flexibility index (Phi) is 5.73. The molecule has 1 aromatic heterocycles. The maximum absolute atomic E-state index is 14.4. The fourth-order valence-electron chi connectivity index (χ4n) is 3.97. The molecule has 1 aliphatic carbocycles. The minimum atomic E-state index is -4.55. The van der Waals surface area contributed by atoms with E-state index in [0.29, 0.717) is 18.8 Å². The van der Waals surface area contributed by atoms with Gasteiger partial charge in [-0.3, -0.25) is 0 Å². The Morgan fingerprint density at radius 1 is 1.28 bits per heavy atom. The Labute approximate surface area is 187 Å². The van der Waals surface area contributed by atoms with Crippen molar-refractivity contribution >= 4 is 23.3 Å². The molecule has 2 aliphatic rings. The predicted molar refractivity (Wildman–Crippen MR) is 110 cm³/mol. The highest BCUT2D eigenvalue weighted by atomic mass is 35.5. The standard InChI is InChI=1S/C22H21ClF4N2O3/c1-21(9-29(10-21)17-7-19(23)28-8-15(17)22(25,26)27)11-32-18-6-16(24)14(20(30)31-2)5-13(18)12-3-4-12/h5-8,12H,3-4,9-11H2,1-2H3. The maximum atomic E-state index is 14.4. The number of hydrogen-bond donors (Lipinski definition) is 0. The number of aromatic nitrogens is 1. The second kappa shape index (κ2) is 8.10. The number of anilines is 1. The van der Waals surface area contributed by atoms with Crippen LogP contribution in [0.3, 0.4) is 0 Å². The molecule has 4 rings (SSSR count). The Morgan fingerprint density at radius 2 is 1.97 bits per heavy atom. The zero-order valence-corrected chi connectivity index (χ0v) is 18.2. The molecule has 2 fully saturated rings. The van der Waals surface area contributed by atoms with Crippen molar-refractivity contribution < 1.29 is 31.8 Å². The number of benzene rings is 1. The number of pyridine rings is 1. The molecule has 0 amide bonds. The molecule has 0 N–H and O–H groups in total. The smallest absolute Gasteiger partial charge is 0.419 e. The van der Waals surface area contributed by atoms with Gasteiger partial charge in [0.1, 0.15) is 16.7 Å². The number of methoxy groups -OCH3 is 1. The van der Waals surface area contributed by atoms with Crippen molar-refractivity contribution in [3.8, 4) is 5.75 Å². The number of nitrogens with zero attached hydrogens (tertiary/aromatic N) is 2. The molecule has 0 bridgehead atoms. The van der Waals surface area contributed by atoms with Crippen LogP contribution in [0.5, 0.6) is 5.75 Å². The van der Waals surface area contributed by atoms with Crippen LogP contribution >= 0.6 is 11.6 Å². The fraction of sp³-hybridized carbons (Fsp3) is 0.455. The normalized spacial score (nSPS) is 17.7. The first kappa shape index (κ1) is 22.6. The molecule has 2 aromatic rings. The van der Waals surface area contributed by atoms with Gasteiger partial charge in [-0.25, -0.2) is 14.2 Å². The number of carbonyl (C=O) groups is 1. The van der Waals surface area contributed by atoms with Crippen LogP contribution in [0.2, 0.25) is 5.15 Å². The molecule has 1 saturated heterocycles. The summed E-state index contributed by atoms with van der Waals surface area (Å²) in [5, 5.41) is -0.0203. The van der Waals surface area contributed by atoms with E-state index in [0.717, 1.165) is 24.6 Å². The van der Waals surface area contributed by atoms with Crippen LogP contribution in [-0.4, -0.2) is 37.8 Å². The molecule has 1 aliphatic heterocycles. The molecular weight excluding hydrogens is 452 g/mol. The molecule has 32 heavy (non-hydrogen) atoms. The van der Waals surface area contributed by atoms with Gasteiger partial charge in [0, 0.05) is 30.8 Å². The topological polar surface area (TPSA) is 51.7 Å². The van der Waals surface area contributed by atoms with Gasteiger partial charge in [-0.05, 0) is 36.5 Å². The zero-order valence-electron chi connectivity index (χ0n) is 17.4. The highest BCUT2D eigenvalue weighted by molar-refractivity contribution is 6.29. The van der Waals surface area contributed by atoms with Crippen molar-refractivity contribution in [1.29, 1.82) is 0 Å². The van der Waals surface area contributed by atoms with Gasteiger partial charge in [-0.15, -0.1) is 0 Å². The van der Waals surface area contributed by atoms with Crippen molar-refractivity contribution in [1.82, 2.24) is 4.98 Å². The summed E-state index contributed by atoms with van der Waals surface area (Å²) in [6, 6.07) is 3.86. The van der Waals surface area contributed by atoms with Crippen LogP contribution in [0.1, 0.15) is 47.2 Å². The van der Waals surface area contributed by atoms with E-state index in [2.05, 4.69) is 9.72 Å². The van der Waals surface area contributed by atoms with Crippen molar-refractivity contribution in [3.63, 3.8) is 0 Å². The summed E-state index contributed by atoms with van der Waals surface area (Å²) in [5.41, 5.74) is -0.718. The van der Waals surface area contributed by atoms with Gasteiger partial charge in [0.25, 0.3) is 0 Å². The van der Waals surface area contributed by atoms with Gasteiger partial charge in [-0.2, -0.15) is 13.2 Å². The number of esters is 1. The lowest BCUT2D eigenvalue weighted by molar-refractivity contribution is -0.137. The number of hydrogen-bond acceptors (Lipinski definition) is 5. The van der Waals surface area contributed by atoms with Gasteiger partial charge in [0.05, 0.1) is 30.5 Å². The first-order valence-electron chi connectivity index (χ1n) is 10.0. The van der Waals surface area contributed by atoms with Crippen LogP contribution < -0.4 is 9.64 Å². The number of ether oxygens (including phenoxy) is 2. The third-order valence-corrected chi connectivity index (χ3v) is 5.94. The summed E-state index contributed by atoms with van der Waals surface area (Å²) < 4.78 is 65.0. The van der Waals surface area contributed by atoms with Crippen LogP contribution in [0, 0.1) is 11.2 Å². The third-order valence-electron chi connectivity index (χ3n) is 5.74. The zero-order chi connectivity index (χ0) is 23.3. The first-order valence-corrected chi connectivity index (χ1v) is 10.4. The van der Waals surface area contributed by atoms with Crippen LogP contribution in [0.4, 0.5) is 23.2 Å². The van der Waals surface area contributed by atoms with Crippen molar-refractivity contribution in [2.75, 3.05) is 31.7 Å². The molecule has 2 heterocycles. The molecule has 5 nitrogen and oxygen atoms in total. The van der Waals surface area contributed by atoms with E-state index >= 15 is 0 Å². The largest absolute Gasteiger partial charge is 0.492 e. The third kappa shape index (κ3) is 4.48. The summed E-state index contributed by atoms with van der Waals surface area (Å²) in [6.45, 7) is 2.67. The molecule has 172 valence electrons. The molecule has 0 unspecified atom stereocenters. The van der Waals surface area contributed by atoms with Crippen LogP contribution in [0.25, 0.3) is 0 Å². The highest BCUT2D eigenvalue weighted by Gasteiger charge is 2.44. The van der Waals surface area contributed by atoms with Gasteiger partial charge in [0.2, 0.25) is 0 Å². The monoisotopic (exact) mass is 472 g/mol. The lowest BCUT2D eigenvalue weighted by Crippen LogP contribution is -2.58. The molecule has 0 atom stereocenters. The van der Waals surface area contributed by atoms with E-state index in [1.807, 2.05) is 6.92 Å². The van der Waals surface area contributed by atoms with Crippen LogP contribution in [0.15, 0.2) is 24.4 Å². The van der Waals surface area contributed by atoms with Gasteiger partial charge >= 0.3 is 12.1 Å². The summed E-state index contributed by atoms with van der Waals surface area (Å²) in [4.78, 5) is 16.9. The van der Waals surface area contributed by atoms with Crippen molar-refractivity contribution in [2.24, 2.45) is 5.41 Å². The molecule has 0 radical (unpaired) electrons. The number of carbonyl (C=O) groups excluding carboxylic acids is 1. The van der Waals surface area contributed by atoms with Gasteiger partial charge in [0.15, 0.2) is 0 Å². The summed E-state index contributed by atoms with van der Waals surface area (Å²) in [5.74, 6) is -0.958. The Hall–Kier alpha value is -2.55. The van der Waals surface area contributed by atoms with Gasteiger partial charge in [-0.1, -0.05) is 18.5 Å². The average molecular weight is 473 g/mol. The lowest BCUT2D eigenvalue weighted by atomic mass is 9.82. The minimum Gasteiger partial charge on any atom is -0.492 e. The molecule has 10 heteroatoms. The lowest BCUT2D eigenvalue weighted by Gasteiger charge is -2.49. The number of rotatable bonds is 6. The molecule has 1 saturated carbocycles. The van der Waals surface area contributed by atoms with Gasteiger partial charge < -0.3 is 14.4 Å². The van der Waals surface area contributed by atoms with E-state index in [-0.39, 0.29) is 28.9 Å². The van der Waals surface area contributed by atoms with Crippen LogP contribution in [-0.2, 0) is 10.9 Å². The second-order valence-electron chi connectivity index (χ2n) is 8.61. The van der Waals surface area contributed by atoms with Crippen molar-refractivity contribution in [2.45, 2.75) is 31.9 Å². The summed E-state index contributed by atoms with van der Waals surface area (Å²) >= 11 is 5.82. The van der Waals surface area contributed by atoms with E-state index in [1.165, 1.54) is 25.3 Å². The van der Waals surface area contributed by atoms with Crippen molar-refractivity contribution in [3.05, 3.63) is 52.1 Å². The maximum Gasteiger partial charge on any atom is 0.419 e.